The highest BCUT2D eigenvalue weighted by Crippen LogP contribution is 2.34. The van der Waals surface area contributed by atoms with Crippen molar-refractivity contribution in [3.63, 3.8) is 0 Å². The van der Waals surface area contributed by atoms with E-state index in [-0.39, 0.29) is 17.0 Å². The Morgan fingerprint density at radius 1 is 1.27 bits per heavy atom. The maximum atomic E-state index is 12.8. The van der Waals surface area contributed by atoms with Gasteiger partial charge in [-0.1, -0.05) is 6.07 Å². The highest BCUT2D eigenvalue weighted by Gasteiger charge is 2.30. The van der Waals surface area contributed by atoms with Gasteiger partial charge < -0.3 is 10.3 Å². The summed E-state index contributed by atoms with van der Waals surface area (Å²) in [5.41, 5.74) is 0.243. The summed E-state index contributed by atoms with van der Waals surface area (Å²) < 4.78 is 38.3. The van der Waals surface area contributed by atoms with Crippen LogP contribution in [0.15, 0.2) is 29.1 Å². The third-order valence-electron chi connectivity index (χ3n) is 4.82. The second-order valence-electron chi connectivity index (χ2n) is 7.02. The molecule has 0 bridgehead atoms. The van der Waals surface area contributed by atoms with E-state index in [0.29, 0.717) is 17.0 Å². The van der Waals surface area contributed by atoms with Gasteiger partial charge in [0.05, 0.1) is 22.5 Å². The van der Waals surface area contributed by atoms with Crippen molar-refractivity contribution in [1.29, 1.82) is 0 Å². The summed E-state index contributed by atoms with van der Waals surface area (Å²) in [7, 11) is 0. The molecule has 0 radical (unpaired) electrons. The van der Waals surface area contributed by atoms with Crippen LogP contribution in [0.2, 0.25) is 0 Å². The van der Waals surface area contributed by atoms with E-state index in [1.807, 2.05) is 0 Å². The zero-order valence-corrected chi connectivity index (χ0v) is 17.4. The van der Waals surface area contributed by atoms with Gasteiger partial charge in [-0.3, -0.25) is 9.59 Å². The Bertz CT molecular complexity index is 1150. The van der Waals surface area contributed by atoms with Crippen molar-refractivity contribution in [3.05, 3.63) is 56.4 Å². The van der Waals surface area contributed by atoms with E-state index < -0.39 is 17.6 Å². The number of aromatic nitrogens is 2. The number of amides is 1. The lowest BCUT2D eigenvalue weighted by Gasteiger charge is -2.10. The molecule has 0 saturated heterocycles. The largest absolute Gasteiger partial charge is 0.416 e. The van der Waals surface area contributed by atoms with Crippen molar-refractivity contribution in [2.75, 3.05) is 11.1 Å². The van der Waals surface area contributed by atoms with Gasteiger partial charge in [-0.15, -0.1) is 23.1 Å². The zero-order chi connectivity index (χ0) is 21.3. The van der Waals surface area contributed by atoms with E-state index in [1.165, 1.54) is 28.8 Å². The maximum absolute atomic E-state index is 12.8. The second-order valence-corrected chi connectivity index (χ2v) is 9.09. The van der Waals surface area contributed by atoms with Gasteiger partial charge in [0.25, 0.3) is 5.56 Å². The average molecular weight is 454 g/mol. The highest BCUT2D eigenvalue weighted by molar-refractivity contribution is 7.99. The Labute approximate surface area is 178 Å². The topological polar surface area (TPSA) is 74.8 Å². The Morgan fingerprint density at radius 2 is 2.07 bits per heavy atom. The molecule has 0 unspecified atom stereocenters. The molecule has 0 saturated carbocycles. The molecule has 0 spiro atoms. The fourth-order valence-corrected chi connectivity index (χ4v) is 5.46. The number of thioether (sulfide) groups is 1. The first kappa shape index (κ1) is 20.9. The number of rotatable bonds is 5. The number of anilines is 1. The first-order chi connectivity index (χ1) is 14.3. The van der Waals surface area contributed by atoms with E-state index in [1.54, 1.807) is 11.3 Å². The minimum absolute atomic E-state index is 0.0267. The number of benzene rings is 1. The van der Waals surface area contributed by atoms with Crippen LogP contribution in [0.4, 0.5) is 18.9 Å². The van der Waals surface area contributed by atoms with Crippen molar-refractivity contribution in [2.24, 2.45) is 0 Å². The molecule has 2 N–H and O–H groups in total. The number of hydrogen-bond donors (Lipinski definition) is 2. The molecule has 2 aromatic heterocycles. The van der Waals surface area contributed by atoms with E-state index >= 15 is 0 Å². The number of halogens is 3. The molecule has 2 heterocycles. The van der Waals surface area contributed by atoms with E-state index in [9.17, 15) is 22.8 Å². The van der Waals surface area contributed by atoms with Crippen molar-refractivity contribution < 1.29 is 18.0 Å². The first-order valence-corrected chi connectivity index (χ1v) is 11.4. The molecule has 0 fully saturated rings. The number of nitrogens with zero attached hydrogens (tertiary/aromatic N) is 1. The van der Waals surface area contributed by atoms with Crippen molar-refractivity contribution in [3.8, 4) is 0 Å². The lowest BCUT2D eigenvalue weighted by molar-refractivity contribution is -0.137. The smallest absolute Gasteiger partial charge is 0.325 e. The van der Waals surface area contributed by atoms with Gasteiger partial charge in [0.15, 0.2) is 0 Å². The number of H-pyrrole nitrogens is 1. The van der Waals surface area contributed by atoms with Gasteiger partial charge in [0, 0.05) is 10.6 Å². The quantitative estimate of drug-likeness (QED) is 0.585. The van der Waals surface area contributed by atoms with Crippen LogP contribution in [0.25, 0.3) is 10.2 Å². The molecule has 5 nitrogen and oxygen atoms in total. The summed E-state index contributed by atoms with van der Waals surface area (Å²) in [5, 5.41) is 3.15. The molecule has 1 amide bonds. The number of nitrogens with one attached hydrogen (secondary N) is 2. The van der Waals surface area contributed by atoms with Crippen LogP contribution in [0.1, 0.15) is 34.7 Å². The number of alkyl halides is 3. The van der Waals surface area contributed by atoms with Crippen molar-refractivity contribution in [2.45, 2.75) is 37.6 Å². The van der Waals surface area contributed by atoms with E-state index in [2.05, 4.69) is 15.3 Å². The molecule has 158 valence electrons. The van der Waals surface area contributed by atoms with Gasteiger partial charge in [-0.2, -0.15) is 13.2 Å². The summed E-state index contributed by atoms with van der Waals surface area (Å²) >= 11 is 2.79. The van der Waals surface area contributed by atoms with E-state index in [0.717, 1.165) is 48.2 Å². The van der Waals surface area contributed by atoms with Crippen LogP contribution in [-0.2, 0) is 29.6 Å². The second kappa shape index (κ2) is 8.43. The predicted molar refractivity (Wildman–Crippen MR) is 113 cm³/mol. The van der Waals surface area contributed by atoms with Gasteiger partial charge in [-0.25, -0.2) is 4.98 Å². The summed E-state index contributed by atoms with van der Waals surface area (Å²) in [4.78, 5) is 33.9. The molecule has 3 aromatic rings. The fraction of sp³-hybridized carbons (Fsp3) is 0.350. The van der Waals surface area contributed by atoms with Crippen LogP contribution in [0.3, 0.4) is 0 Å². The third-order valence-corrected chi connectivity index (χ3v) is 6.95. The lowest BCUT2D eigenvalue weighted by atomic mass is 9.97. The van der Waals surface area contributed by atoms with Crippen LogP contribution in [0.5, 0.6) is 0 Å². The lowest BCUT2D eigenvalue weighted by Crippen LogP contribution is -2.16. The SMILES string of the molecule is O=C(CSCc1nc2sc3c(c2c(=O)[nH]1)CCCC3)Nc1cccc(C(F)(F)F)c1. The summed E-state index contributed by atoms with van der Waals surface area (Å²) in [6, 6.07) is 4.50. The van der Waals surface area contributed by atoms with Crippen LogP contribution in [0, 0.1) is 0 Å². The molecular weight excluding hydrogens is 435 g/mol. The normalized spacial score (nSPS) is 14.0. The van der Waals surface area contributed by atoms with Crippen LogP contribution in [-0.4, -0.2) is 21.6 Å². The predicted octanol–water partition coefficient (Wildman–Crippen LogP) is 4.75. The number of hydrogen-bond acceptors (Lipinski definition) is 5. The molecular formula is C20H18F3N3O2S2. The van der Waals surface area contributed by atoms with Gasteiger partial charge in [0.1, 0.15) is 10.7 Å². The molecule has 0 atom stereocenters. The summed E-state index contributed by atoms with van der Waals surface area (Å²) in [6.07, 6.45) is -0.371. The molecule has 10 heteroatoms. The first-order valence-electron chi connectivity index (χ1n) is 9.39. The Balaban J connectivity index is 1.38. The Hall–Kier alpha value is -2.33. The molecule has 1 aliphatic carbocycles. The number of aromatic amines is 1. The number of thiophene rings is 1. The van der Waals surface area contributed by atoms with E-state index in [4.69, 9.17) is 0 Å². The zero-order valence-electron chi connectivity index (χ0n) is 15.8. The van der Waals surface area contributed by atoms with Gasteiger partial charge >= 0.3 is 6.18 Å². The molecule has 1 aliphatic rings. The summed E-state index contributed by atoms with van der Waals surface area (Å²) in [6.45, 7) is 0. The monoisotopic (exact) mass is 453 g/mol. The van der Waals surface area contributed by atoms with Crippen molar-refractivity contribution in [1.82, 2.24) is 9.97 Å². The van der Waals surface area contributed by atoms with Crippen LogP contribution >= 0.6 is 23.1 Å². The van der Waals surface area contributed by atoms with Crippen molar-refractivity contribution >= 4 is 44.9 Å². The highest BCUT2D eigenvalue weighted by atomic mass is 32.2. The minimum atomic E-state index is -4.47. The Morgan fingerprint density at radius 3 is 2.87 bits per heavy atom. The van der Waals surface area contributed by atoms with Gasteiger partial charge in [0.2, 0.25) is 5.91 Å². The maximum Gasteiger partial charge on any atom is 0.416 e. The summed E-state index contributed by atoms with van der Waals surface area (Å²) in [5.74, 6) is 0.417. The fourth-order valence-electron chi connectivity index (χ4n) is 3.49. The minimum Gasteiger partial charge on any atom is -0.325 e. The Kier molecular flexibility index (Phi) is 5.88. The number of carbonyl (C=O) groups excluding carboxylic acids is 1. The number of fused-ring (bicyclic) bond motifs is 3. The third kappa shape index (κ3) is 4.54. The molecule has 30 heavy (non-hydrogen) atoms. The van der Waals surface area contributed by atoms with Crippen LogP contribution < -0.4 is 10.9 Å². The molecule has 0 aliphatic heterocycles. The standard InChI is InChI=1S/C20H18F3N3O2S2/c21-20(22,23)11-4-3-5-12(8-11)24-16(27)10-29-9-15-25-18(28)17-13-6-1-2-7-14(13)30-19(17)26-15/h3-5,8H,1-2,6-7,9-10H2,(H,24,27)(H,25,26,28). The molecule has 4 rings (SSSR count). The van der Waals surface area contributed by atoms with Gasteiger partial charge in [-0.05, 0) is 49.4 Å². The number of carbonyl (C=O) groups is 1. The molecule has 1 aromatic carbocycles. The average Bonchev–Trinajstić information content (AvgIpc) is 3.06. The number of aryl methyl sites for hydroxylation is 2.